The molecule has 0 saturated carbocycles. The lowest BCUT2D eigenvalue weighted by Gasteiger charge is -2.24. The zero-order valence-corrected chi connectivity index (χ0v) is 14.3. The number of carbonyl (C=O) groups is 1. The van der Waals surface area contributed by atoms with Crippen LogP contribution in [-0.2, 0) is 9.84 Å². The standard InChI is InChI=1S/C16H19N3O4S/c1-23-12-7-5-11(6-8-12)16(20)19-9-3-4-13(19)15-14(10-17-18-15)24(2,21)22/h5-8,10,13H,3-4,9H2,1-2H3,(H,17,18). The molecule has 1 unspecified atom stereocenters. The quantitative estimate of drug-likeness (QED) is 0.908. The van der Waals surface area contributed by atoms with Gasteiger partial charge in [-0.05, 0) is 37.1 Å². The second-order valence-corrected chi connectivity index (χ2v) is 7.79. The largest absolute Gasteiger partial charge is 0.497 e. The molecule has 0 aliphatic carbocycles. The molecule has 128 valence electrons. The molecule has 0 radical (unpaired) electrons. The van der Waals surface area contributed by atoms with Gasteiger partial charge in [0.05, 0.1) is 25.0 Å². The van der Waals surface area contributed by atoms with Crippen LogP contribution in [0.4, 0.5) is 0 Å². The minimum atomic E-state index is -3.40. The number of nitrogens with zero attached hydrogens (tertiary/aromatic N) is 2. The van der Waals surface area contributed by atoms with E-state index >= 15 is 0 Å². The average molecular weight is 349 g/mol. The van der Waals surface area contributed by atoms with Gasteiger partial charge in [-0.1, -0.05) is 0 Å². The third kappa shape index (κ3) is 3.01. The first kappa shape index (κ1) is 16.5. The maximum Gasteiger partial charge on any atom is 0.254 e. The Balaban J connectivity index is 1.91. The van der Waals surface area contributed by atoms with Gasteiger partial charge in [-0.3, -0.25) is 9.89 Å². The van der Waals surface area contributed by atoms with Crippen molar-refractivity contribution in [3.05, 3.63) is 41.7 Å². The van der Waals surface area contributed by atoms with E-state index in [0.717, 1.165) is 12.7 Å². The number of amides is 1. The molecule has 0 spiro atoms. The number of rotatable bonds is 4. The van der Waals surface area contributed by atoms with Crippen molar-refractivity contribution in [2.45, 2.75) is 23.8 Å². The summed E-state index contributed by atoms with van der Waals surface area (Å²) in [6, 6.07) is 6.57. The Labute approximate surface area is 140 Å². The van der Waals surface area contributed by atoms with Crippen LogP contribution in [0.3, 0.4) is 0 Å². The minimum absolute atomic E-state index is 0.130. The molecule has 1 atom stereocenters. The SMILES string of the molecule is COc1ccc(C(=O)N2CCCC2c2[nH]ncc2S(C)(=O)=O)cc1. The third-order valence-corrected chi connectivity index (χ3v) is 5.34. The maximum atomic E-state index is 12.8. The van der Waals surface area contributed by atoms with Crippen LogP contribution in [0.1, 0.15) is 34.9 Å². The molecule has 1 aliphatic heterocycles. The maximum absolute atomic E-state index is 12.8. The first-order valence-electron chi connectivity index (χ1n) is 7.60. The van der Waals surface area contributed by atoms with Gasteiger partial charge in [0.2, 0.25) is 0 Å². The van der Waals surface area contributed by atoms with E-state index in [1.807, 2.05) is 0 Å². The number of H-pyrrole nitrogens is 1. The number of hydrogen-bond donors (Lipinski definition) is 1. The molecule has 8 heteroatoms. The monoisotopic (exact) mass is 349 g/mol. The summed E-state index contributed by atoms with van der Waals surface area (Å²) in [5, 5.41) is 6.63. The van der Waals surface area contributed by atoms with E-state index in [-0.39, 0.29) is 16.8 Å². The first-order chi connectivity index (χ1) is 11.4. The van der Waals surface area contributed by atoms with Crippen molar-refractivity contribution < 1.29 is 17.9 Å². The van der Waals surface area contributed by atoms with E-state index in [1.54, 1.807) is 36.3 Å². The molecular weight excluding hydrogens is 330 g/mol. The van der Waals surface area contributed by atoms with Crippen LogP contribution in [0, 0.1) is 0 Å². The van der Waals surface area contributed by atoms with Gasteiger partial charge in [-0.2, -0.15) is 5.10 Å². The van der Waals surface area contributed by atoms with E-state index < -0.39 is 9.84 Å². The number of ether oxygens (including phenoxy) is 1. The molecule has 1 aliphatic rings. The predicted octanol–water partition coefficient (Wildman–Crippen LogP) is 1.80. The molecule has 1 fully saturated rings. The summed E-state index contributed by atoms with van der Waals surface area (Å²) >= 11 is 0. The number of methoxy groups -OCH3 is 1. The Hall–Kier alpha value is -2.35. The molecule has 0 bridgehead atoms. The molecule has 7 nitrogen and oxygen atoms in total. The zero-order chi connectivity index (χ0) is 17.3. The molecule has 1 N–H and O–H groups in total. The smallest absolute Gasteiger partial charge is 0.254 e. The molecule has 1 amide bonds. The third-order valence-electron chi connectivity index (χ3n) is 4.22. The summed E-state index contributed by atoms with van der Waals surface area (Å²) in [7, 11) is -1.83. The fourth-order valence-electron chi connectivity index (χ4n) is 3.03. The van der Waals surface area contributed by atoms with Gasteiger partial charge in [-0.15, -0.1) is 0 Å². The van der Waals surface area contributed by atoms with Gasteiger partial charge in [-0.25, -0.2) is 8.42 Å². The average Bonchev–Trinajstić information content (AvgIpc) is 3.22. The van der Waals surface area contributed by atoms with Crippen LogP contribution < -0.4 is 4.74 Å². The highest BCUT2D eigenvalue weighted by atomic mass is 32.2. The van der Waals surface area contributed by atoms with Crippen LogP contribution in [-0.4, -0.2) is 49.3 Å². The molecule has 1 aromatic carbocycles. The highest BCUT2D eigenvalue weighted by Crippen LogP contribution is 2.35. The van der Waals surface area contributed by atoms with Crippen molar-refractivity contribution in [2.24, 2.45) is 0 Å². The number of aromatic nitrogens is 2. The summed E-state index contributed by atoms with van der Waals surface area (Å²) in [6.07, 6.45) is 3.96. The van der Waals surface area contributed by atoms with Crippen LogP contribution in [0.5, 0.6) is 5.75 Å². The summed E-state index contributed by atoms with van der Waals surface area (Å²) in [5.74, 6) is 0.548. The van der Waals surface area contributed by atoms with Crippen LogP contribution in [0.25, 0.3) is 0 Å². The highest BCUT2D eigenvalue weighted by Gasteiger charge is 2.34. The Bertz CT molecular complexity index is 842. The van der Waals surface area contributed by atoms with Gasteiger partial charge in [0.15, 0.2) is 9.84 Å². The van der Waals surface area contributed by atoms with Crippen molar-refractivity contribution in [1.29, 1.82) is 0 Å². The van der Waals surface area contributed by atoms with Gasteiger partial charge >= 0.3 is 0 Å². The molecule has 2 aromatic rings. The summed E-state index contributed by atoms with van der Waals surface area (Å²) < 4.78 is 28.9. The van der Waals surface area contributed by atoms with E-state index in [4.69, 9.17) is 4.74 Å². The second-order valence-electron chi connectivity index (χ2n) is 5.81. The fraction of sp³-hybridized carbons (Fsp3) is 0.375. The molecule has 3 rings (SSSR count). The van der Waals surface area contributed by atoms with Crippen LogP contribution in [0.15, 0.2) is 35.4 Å². The number of aromatic amines is 1. The first-order valence-corrected chi connectivity index (χ1v) is 9.49. The molecular formula is C16H19N3O4S. The van der Waals surface area contributed by atoms with Gasteiger partial charge in [0, 0.05) is 18.4 Å². The van der Waals surface area contributed by atoms with Crippen molar-refractivity contribution in [3.8, 4) is 5.75 Å². The summed E-state index contributed by atoms with van der Waals surface area (Å²) in [4.78, 5) is 14.7. The normalized spacial score (nSPS) is 17.9. The lowest BCUT2D eigenvalue weighted by atomic mass is 10.1. The van der Waals surface area contributed by atoms with Gasteiger partial charge in [0.1, 0.15) is 10.6 Å². The number of sulfone groups is 1. The Morgan fingerprint density at radius 1 is 1.33 bits per heavy atom. The molecule has 24 heavy (non-hydrogen) atoms. The van der Waals surface area contributed by atoms with Crippen molar-refractivity contribution in [1.82, 2.24) is 15.1 Å². The lowest BCUT2D eigenvalue weighted by Crippen LogP contribution is -2.31. The summed E-state index contributed by atoms with van der Waals surface area (Å²) in [6.45, 7) is 0.581. The van der Waals surface area contributed by atoms with Crippen LogP contribution in [0.2, 0.25) is 0 Å². The van der Waals surface area contributed by atoms with E-state index in [0.29, 0.717) is 30.0 Å². The van der Waals surface area contributed by atoms with E-state index in [9.17, 15) is 13.2 Å². The van der Waals surface area contributed by atoms with Crippen LogP contribution >= 0.6 is 0 Å². The van der Waals surface area contributed by atoms with Crippen molar-refractivity contribution in [2.75, 3.05) is 19.9 Å². The number of carbonyl (C=O) groups excluding carboxylic acids is 1. The molecule has 2 heterocycles. The lowest BCUT2D eigenvalue weighted by molar-refractivity contribution is 0.0731. The summed E-state index contributed by atoms with van der Waals surface area (Å²) in [5.41, 5.74) is 1.03. The number of hydrogen-bond acceptors (Lipinski definition) is 5. The number of benzene rings is 1. The Morgan fingerprint density at radius 3 is 2.67 bits per heavy atom. The van der Waals surface area contributed by atoms with Gasteiger partial charge in [0.25, 0.3) is 5.91 Å². The highest BCUT2D eigenvalue weighted by molar-refractivity contribution is 7.90. The second kappa shape index (κ2) is 6.27. The zero-order valence-electron chi connectivity index (χ0n) is 13.5. The van der Waals surface area contributed by atoms with Crippen molar-refractivity contribution in [3.63, 3.8) is 0 Å². The van der Waals surface area contributed by atoms with Gasteiger partial charge < -0.3 is 9.64 Å². The predicted molar refractivity (Wildman–Crippen MR) is 87.7 cm³/mol. The van der Waals surface area contributed by atoms with Crippen molar-refractivity contribution >= 4 is 15.7 Å². The van der Waals surface area contributed by atoms with E-state index in [2.05, 4.69) is 10.2 Å². The van der Waals surface area contributed by atoms with E-state index in [1.165, 1.54) is 6.20 Å². The topological polar surface area (TPSA) is 92.4 Å². The number of likely N-dealkylation sites (tertiary alicyclic amines) is 1. The minimum Gasteiger partial charge on any atom is -0.497 e. The Kier molecular flexibility index (Phi) is 4.31. The number of nitrogens with one attached hydrogen (secondary N) is 1. The molecule has 1 aromatic heterocycles. The molecule has 1 saturated heterocycles. The fourth-order valence-corrected chi connectivity index (χ4v) is 3.85. The Morgan fingerprint density at radius 2 is 2.04 bits per heavy atom.